The van der Waals surface area contributed by atoms with E-state index in [0.29, 0.717) is 34.4 Å². The number of hydrogen-bond donors (Lipinski definition) is 1. The van der Waals surface area contributed by atoms with Crippen molar-refractivity contribution in [3.05, 3.63) is 58.1 Å². The molecule has 0 spiro atoms. The van der Waals surface area contributed by atoms with Gasteiger partial charge in [0.2, 0.25) is 21.8 Å². The number of sulfonamides is 1. The van der Waals surface area contributed by atoms with Crippen LogP contribution in [0.25, 0.3) is 0 Å². The Morgan fingerprint density at radius 3 is 2.27 bits per heavy atom. The Bertz CT molecular complexity index is 1190. The van der Waals surface area contributed by atoms with Crippen LogP contribution in [0.5, 0.6) is 5.75 Å². The SMILES string of the molecule is CCOc1ccccc1N(CC(=O)N(Cc1ccc(Cl)c(Cl)c1)[C@@H](CC)C(=O)N[C@H](C)CC)S(C)(=O)=O. The number of carbonyl (C=O) groups is 2. The maximum atomic E-state index is 13.8. The van der Waals surface area contributed by atoms with Gasteiger partial charge in [-0.05, 0) is 56.5 Å². The topological polar surface area (TPSA) is 96.0 Å². The van der Waals surface area contributed by atoms with E-state index < -0.39 is 28.5 Å². The van der Waals surface area contributed by atoms with E-state index in [2.05, 4.69) is 5.32 Å². The number of carbonyl (C=O) groups excluding carboxylic acids is 2. The van der Waals surface area contributed by atoms with Crippen LogP contribution in [0.15, 0.2) is 42.5 Å². The van der Waals surface area contributed by atoms with Crippen LogP contribution in [-0.4, -0.2) is 56.6 Å². The Balaban J connectivity index is 2.51. The minimum absolute atomic E-state index is 0.0346. The molecule has 0 aromatic heterocycles. The fourth-order valence-electron chi connectivity index (χ4n) is 3.73. The van der Waals surface area contributed by atoms with Crippen molar-refractivity contribution in [2.75, 3.05) is 23.7 Å². The third-order valence-corrected chi connectivity index (χ3v) is 7.70. The molecule has 0 aliphatic carbocycles. The van der Waals surface area contributed by atoms with Gasteiger partial charge in [0.25, 0.3) is 0 Å². The molecule has 0 saturated heterocycles. The molecule has 11 heteroatoms. The molecule has 0 saturated carbocycles. The van der Waals surface area contributed by atoms with Crippen LogP contribution < -0.4 is 14.4 Å². The van der Waals surface area contributed by atoms with Crippen LogP contribution in [-0.2, 0) is 26.2 Å². The first-order valence-electron chi connectivity index (χ1n) is 12.2. The highest BCUT2D eigenvalue weighted by Crippen LogP contribution is 2.30. The van der Waals surface area contributed by atoms with E-state index in [4.69, 9.17) is 27.9 Å². The first-order chi connectivity index (χ1) is 17.4. The van der Waals surface area contributed by atoms with E-state index in [1.807, 2.05) is 13.8 Å². The van der Waals surface area contributed by atoms with Crippen LogP contribution in [0.4, 0.5) is 5.69 Å². The summed E-state index contributed by atoms with van der Waals surface area (Å²) in [6.07, 6.45) is 2.07. The number of para-hydroxylation sites is 2. The van der Waals surface area contributed by atoms with Crippen LogP contribution >= 0.6 is 23.2 Å². The number of nitrogens with one attached hydrogen (secondary N) is 1. The van der Waals surface area contributed by atoms with Gasteiger partial charge in [0.15, 0.2) is 0 Å². The van der Waals surface area contributed by atoms with Gasteiger partial charge in [-0.3, -0.25) is 13.9 Å². The molecule has 0 radical (unpaired) electrons. The van der Waals surface area contributed by atoms with Crippen molar-refractivity contribution in [2.24, 2.45) is 0 Å². The van der Waals surface area contributed by atoms with Gasteiger partial charge < -0.3 is 15.0 Å². The third kappa shape index (κ3) is 8.51. The van der Waals surface area contributed by atoms with Gasteiger partial charge in [0.1, 0.15) is 18.3 Å². The summed E-state index contributed by atoms with van der Waals surface area (Å²) in [5.74, 6) is -0.527. The molecule has 37 heavy (non-hydrogen) atoms. The lowest BCUT2D eigenvalue weighted by molar-refractivity contribution is -0.140. The Labute approximate surface area is 229 Å². The highest BCUT2D eigenvalue weighted by atomic mass is 35.5. The zero-order valence-corrected chi connectivity index (χ0v) is 24.2. The number of rotatable bonds is 13. The number of nitrogens with zero attached hydrogens (tertiary/aromatic N) is 2. The molecule has 204 valence electrons. The summed E-state index contributed by atoms with van der Waals surface area (Å²) in [6.45, 7) is 7.25. The molecule has 0 fully saturated rings. The Morgan fingerprint density at radius 2 is 1.70 bits per heavy atom. The first-order valence-corrected chi connectivity index (χ1v) is 14.8. The number of benzene rings is 2. The lowest BCUT2D eigenvalue weighted by Crippen LogP contribution is -2.53. The molecule has 2 aromatic rings. The predicted octanol–water partition coefficient (Wildman–Crippen LogP) is 4.88. The number of halogens is 2. The maximum absolute atomic E-state index is 13.8. The van der Waals surface area contributed by atoms with E-state index in [1.165, 1.54) is 4.90 Å². The van der Waals surface area contributed by atoms with Crippen LogP contribution in [0.1, 0.15) is 46.1 Å². The van der Waals surface area contributed by atoms with Crippen molar-refractivity contribution in [3.8, 4) is 5.75 Å². The molecular weight excluding hydrogens is 537 g/mol. The fourth-order valence-corrected chi connectivity index (χ4v) is 4.90. The molecule has 0 unspecified atom stereocenters. The zero-order valence-electron chi connectivity index (χ0n) is 21.8. The lowest BCUT2D eigenvalue weighted by Gasteiger charge is -2.33. The monoisotopic (exact) mass is 571 g/mol. The number of amides is 2. The summed E-state index contributed by atoms with van der Waals surface area (Å²) in [7, 11) is -3.88. The summed E-state index contributed by atoms with van der Waals surface area (Å²) in [4.78, 5) is 28.4. The molecule has 2 atom stereocenters. The average molecular weight is 573 g/mol. The van der Waals surface area contributed by atoms with Crippen LogP contribution in [0.3, 0.4) is 0 Å². The van der Waals surface area contributed by atoms with Gasteiger partial charge >= 0.3 is 0 Å². The quantitative estimate of drug-likeness (QED) is 0.369. The molecule has 0 bridgehead atoms. The third-order valence-electron chi connectivity index (χ3n) is 5.84. The van der Waals surface area contributed by atoms with Crippen molar-refractivity contribution in [2.45, 2.75) is 59.2 Å². The van der Waals surface area contributed by atoms with Gasteiger partial charge in [-0.2, -0.15) is 0 Å². The lowest BCUT2D eigenvalue weighted by atomic mass is 10.1. The fraction of sp³-hybridized carbons (Fsp3) is 0.462. The minimum Gasteiger partial charge on any atom is -0.492 e. The second-order valence-electron chi connectivity index (χ2n) is 8.68. The van der Waals surface area contributed by atoms with Crippen LogP contribution in [0, 0.1) is 0 Å². The smallest absolute Gasteiger partial charge is 0.244 e. The minimum atomic E-state index is -3.88. The van der Waals surface area contributed by atoms with E-state index in [1.54, 1.807) is 56.3 Å². The predicted molar refractivity (Wildman–Crippen MR) is 149 cm³/mol. The molecule has 8 nitrogen and oxygen atoms in total. The largest absolute Gasteiger partial charge is 0.492 e. The Kier molecular flexibility index (Phi) is 11.5. The van der Waals surface area contributed by atoms with Crippen molar-refractivity contribution in [1.82, 2.24) is 10.2 Å². The van der Waals surface area contributed by atoms with Gasteiger partial charge in [-0.1, -0.05) is 55.2 Å². The Morgan fingerprint density at radius 1 is 1.03 bits per heavy atom. The molecule has 2 aromatic carbocycles. The van der Waals surface area contributed by atoms with Crippen molar-refractivity contribution < 1.29 is 22.7 Å². The van der Waals surface area contributed by atoms with E-state index in [0.717, 1.165) is 17.0 Å². The molecule has 2 rings (SSSR count). The summed E-state index contributed by atoms with van der Waals surface area (Å²) in [5, 5.41) is 3.61. The average Bonchev–Trinajstić information content (AvgIpc) is 2.84. The highest BCUT2D eigenvalue weighted by molar-refractivity contribution is 7.92. The molecular formula is C26H35Cl2N3O5S. The normalized spacial score (nSPS) is 12.9. The van der Waals surface area contributed by atoms with E-state index in [-0.39, 0.29) is 24.2 Å². The van der Waals surface area contributed by atoms with Gasteiger partial charge in [-0.15, -0.1) is 0 Å². The van der Waals surface area contributed by atoms with Crippen molar-refractivity contribution in [1.29, 1.82) is 0 Å². The molecule has 2 amide bonds. The maximum Gasteiger partial charge on any atom is 0.244 e. The number of hydrogen-bond acceptors (Lipinski definition) is 5. The zero-order chi connectivity index (χ0) is 27.8. The molecule has 0 heterocycles. The number of anilines is 1. The van der Waals surface area contributed by atoms with E-state index >= 15 is 0 Å². The standard InChI is InChI=1S/C26H35Cl2N3O5S/c1-6-18(4)29-26(33)22(7-2)30(16-19-13-14-20(27)21(28)15-19)25(32)17-31(37(5,34)35)23-11-9-10-12-24(23)36-8-3/h9-15,18,22H,6-8,16-17H2,1-5H3,(H,29,33)/t18-,22+/m1/s1. The van der Waals surface area contributed by atoms with Crippen LogP contribution in [0.2, 0.25) is 10.0 Å². The van der Waals surface area contributed by atoms with Gasteiger partial charge in [0.05, 0.1) is 28.6 Å². The summed E-state index contributed by atoms with van der Waals surface area (Å²) in [6, 6.07) is 10.6. The van der Waals surface area contributed by atoms with Crippen molar-refractivity contribution in [3.63, 3.8) is 0 Å². The summed E-state index contributed by atoms with van der Waals surface area (Å²) >= 11 is 12.3. The second kappa shape index (κ2) is 13.9. The molecule has 0 aliphatic heterocycles. The van der Waals surface area contributed by atoms with Gasteiger partial charge in [0, 0.05) is 12.6 Å². The van der Waals surface area contributed by atoms with E-state index in [9.17, 15) is 18.0 Å². The summed E-state index contributed by atoms with van der Waals surface area (Å²) in [5.41, 5.74) is 0.893. The highest BCUT2D eigenvalue weighted by Gasteiger charge is 2.33. The second-order valence-corrected chi connectivity index (χ2v) is 11.4. The Hall–Kier alpha value is -2.49. The summed E-state index contributed by atoms with van der Waals surface area (Å²) < 4.78 is 32.3. The molecule has 0 aliphatic rings. The van der Waals surface area contributed by atoms with Gasteiger partial charge in [-0.25, -0.2) is 8.42 Å². The number of ether oxygens (including phenoxy) is 1. The first kappa shape index (κ1) is 30.7. The van der Waals surface area contributed by atoms with Crippen molar-refractivity contribution >= 4 is 50.7 Å². The molecule has 1 N–H and O–H groups in total.